The minimum atomic E-state index is -0.347. The molecule has 3 aliphatic heterocycles. The number of carbonyl (C=O) groups is 1. The van der Waals surface area contributed by atoms with E-state index in [0.29, 0.717) is 13.2 Å². The predicted octanol–water partition coefficient (Wildman–Crippen LogP) is 3.21. The third-order valence-electron chi connectivity index (χ3n) is 5.68. The molecule has 0 radical (unpaired) electrons. The summed E-state index contributed by atoms with van der Waals surface area (Å²) in [6, 6.07) is 12.2. The molecule has 0 atom stereocenters. The van der Waals surface area contributed by atoms with E-state index in [1.807, 2.05) is 24.3 Å². The first-order valence-corrected chi connectivity index (χ1v) is 10.7. The fourth-order valence-electron chi connectivity index (χ4n) is 4.17. The summed E-state index contributed by atoms with van der Waals surface area (Å²) < 4.78 is 12.4. The van der Waals surface area contributed by atoms with Gasteiger partial charge in [0.15, 0.2) is 11.5 Å². The number of amides is 1. The van der Waals surface area contributed by atoms with Crippen LogP contribution in [0, 0.1) is 3.57 Å². The van der Waals surface area contributed by atoms with E-state index in [4.69, 9.17) is 9.47 Å². The summed E-state index contributed by atoms with van der Waals surface area (Å²) in [5.74, 6) is 1.69. The molecule has 1 spiro atoms. The van der Waals surface area contributed by atoms with Crippen LogP contribution in [0.1, 0.15) is 28.8 Å². The first kappa shape index (κ1) is 18.1. The molecule has 28 heavy (non-hydrogen) atoms. The molecule has 0 unspecified atom stereocenters. The van der Waals surface area contributed by atoms with Crippen molar-refractivity contribution in [3.05, 3.63) is 51.1 Å². The molecule has 1 fully saturated rings. The van der Waals surface area contributed by atoms with Crippen LogP contribution in [0.5, 0.6) is 11.5 Å². The number of halogens is 1. The van der Waals surface area contributed by atoms with Crippen molar-refractivity contribution in [1.29, 1.82) is 0 Å². The number of piperidine rings is 1. The van der Waals surface area contributed by atoms with Crippen LogP contribution >= 0.6 is 22.6 Å². The van der Waals surface area contributed by atoms with Crippen LogP contribution in [-0.2, 0) is 6.54 Å². The zero-order valence-electron chi connectivity index (χ0n) is 15.5. The zero-order chi connectivity index (χ0) is 19.1. The van der Waals surface area contributed by atoms with E-state index in [-0.39, 0.29) is 11.6 Å². The Hall–Kier alpha value is -2.00. The Balaban J connectivity index is 1.25. The topological polar surface area (TPSA) is 62.8 Å². The number of likely N-dealkylation sites (tertiary alicyclic amines) is 1. The smallest absolute Gasteiger partial charge is 0.255 e. The number of hydrogen-bond acceptors (Lipinski definition) is 5. The number of carbonyl (C=O) groups excluding carboxylic acids is 1. The van der Waals surface area contributed by atoms with Crippen LogP contribution in [0.3, 0.4) is 0 Å². The molecule has 6 nitrogen and oxygen atoms in total. The van der Waals surface area contributed by atoms with E-state index >= 15 is 0 Å². The Labute approximate surface area is 177 Å². The third kappa shape index (κ3) is 3.41. The SMILES string of the molecule is O=C1NC2(CCN(Cc3ccc4c(c3)OCCO4)CC2)Nc2ccc(I)cc21. The Morgan fingerprint density at radius 2 is 1.79 bits per heavy atom. The van der Waals surface area contributed by atoms with Crippen LogP contribution in [0.2, 0.25) is 0 Å². The van der Waals surface area contributed by atoms with Gasteiger partial charge in [-0.3, -0.25) is 9.69 Å². The van der Waals surface area contributed by atoms with Crippen molar-refractivity contribution in [2.45, 2.75) is 25.0 Å². The van der Waals surface area contributed by atoms with Gasteiger partial charge in [-0.15, -0.1) is 0 Å². The average Bonchev–Trinajstić information content (AvgIpc) is 2.71. The monoisotopic (exact) mass is 491 g/mol. The Morgan fingerprint density at radius 1 is 1.00 bits per heavy atom. The number of nitrogens with zero attached hydrogens (tertiary/aromatic N) is 1. The normalized spacial score (nSPS) is 20.2. The lowest BCUT2D eigenvalue weighted by Crippen LogP contribution is -2.62. The number of fused-ring (bicyclic) bond motifs is 2. The molecule has 5 rings (SSSR count). The lowest BCUT2D eigenvalue weighted by atomic mass is 9.92. The van der Waals surface area contributed by atoms with Gasteiger partial charge >= 0.3 is 0 Å². The first-order chi connectivity index (χ1) is 13.6. The van der Waals surface area contributed by atoms with Gasteiger partial charge in [0.1, 0.15) is 18.9 Å². The second kappa shape index (κ2) is 7.11. The van der Waals surface area contributed by atoms with Gasteiger partial charge in [0.05, 0.1) is 5.56 Å². The van der Waals surface area contributed by atoms with Crippen LogP contribution < -0.4 is 20.1 Å². The quantitative estimate of drug-likeness (QED) is 0.633. The largest absolute Gasteiger partial charge is 0.486 e. The average molecular weight is 491 g/mol. The van der Waals surface area contributed by atoms with Crippen LogP contribution in [0.15, 0.2) is 36.4 Å². The second-order valence-electron chi connectivity index (χ2n) is 7.61. The second-order valence-corrected chi connectivity index (χ2v) is 8.85. The number of ether oxygens (including phenoxy) is 2. The van der Waals surface area contributed by atoms with Gasteiger partial charge in [0.25, 0.3) is 5.91 Å². The minimum Gasteiger partial charge on any atom is -0.486 e. The summed E-state index contributed by atoms with van der Waals surface area (Å²) in [6.45, 7) is 3.93. The van der Waals surface area contributed by atoms with Crippen LogP contribution in [-0.4, -0.2) is 42.8 Å². The molecular formula is C21H22IN3O3. The number of hydrogen-bond donors (Lipinski definition) is 2. The molecule has 0 saturated carbocycles. The molecule has 2 aromatic carbocycles. The highest BCUT2D eigenvalue weighted by atomic mass is 127. The summed E-state index contributed by atoms with van der Waals surface area (Å²) in [4.78, 5) is 15.1. The van der Waals surface area contributed by atoms with E-state index in [2.05, 4.69) is 50.3 Å². The Morgan fingerprint density at radius 3 is 2.61 bits per heavy atom. The number of benzene rings is 2. The van der Waals surface area contributed by atoms with Crippen molar-refractivity contribution in [2.75, 3.05) is 31.6 Å². The number of rotatable bonds is 2. The maximum absolute atomic E-state index is 12.6. The molecule has 0 aromatic heterocycles. The van der Waals surface area contributed by atoms with Gasteiger partial charge in [0, 0.05) is 41.7 Å². The van der Waals surface area contributed by atoms with Crippen LogP contribution in [0.25, 0.3) is 0 Å². The Kier molecular flexibility index (Phi) is 4.59. The van der Waals surface area contributed by atoms with Crippen molar-refractivity contribution in [3.63, 3.8) is 0 Å². The molecule has 2 aromatic rings. The van der Waals surface area contributed by atoms with Crippen molar-refractivity contribution < 1.29 is 14.3 Å². The minimum absolute atomic E-state index is 0.0209. The zero-order valence-corrected chi connectivity index (χ0v) is 17.6. The van der Waals surface area contributed by atoms with Crippen molar-refractivity contribution in [3.8, 4) is 11.5 Å². The van der Waals surface area contributed by atoms with Gasteiger partial charge in [-0.05, 0) is 58.5 Å². The van der Waals surface area contributed by atoms with Gasteiger partial charge in [-0.2, -0.15) is 0 Å². The summed E-state index contributed by atoms with van der Waals surface area (Å²) in [5, 5.41) is 6.82. The molecule has 3 aliphatic rings. The standard InChI is InChI=1S/C21H22IN3O3/c22-15-2-3-17-16(12-15)20(26)24-21(23-17)5-7-25(8-6-21)13-14-1-4-18-19(11-14)28-10-9-27-18/h1-4,11-12,23H,5-10,13H2,(H,24,26). The van der Waals surface area contributed by atoms with E-state index in [9.17, 15) is 4.79 Å². The highest BCUT2D eigenvalue weighted by molar-refractivity contribution is 14.1. The van der Waals surface area contributed by atoms with E-state index in [1.165, 1.54) is 5.56 Å². The molecule has 1 saturated heterocycles. The first-order valence-electron chi connectivity index (χ1n) is 9.61. The van der Waals surface area contributed by atoms with Gasteiger partial charge in [-0.1, -0.05) is 6.07 Å². The summed E-state index contributed by atoms with van der Waals surface area (Å²) in [5.41, 5.74) is 2.54. The highest BCUT2D eigenvalue weighted by Gasteiger charge is 2.40. The molecule has 0 bridgehead atoms. The molecule has 3 heterocycles. The maximum Gasteiger partial charge on any atom is 0.255 e. The summed E-state index contributed by atoms with van der Waals surface area (Å²) in [6.07, 6.45) is 1.74. The molecular weight excluding hydrogens is 469 g/mol. The van der Waals surface area contributed by atoms with Crippen molar-refractivity contribution >= 4 is 34.2 Å². The molecule has 7 heteroatoms. The molecule has 146 valence electrons. The third-order valence-corrected chi connectivity index (χ3v) is 6.35. The predicted molar refractivity (Wildman–Crippen MR) is 115 cm³/mol. The molecule has 1 amide bonds. The van der Waals surface area contributed by atoms with E-state index < -0.39 is 0 Å². The number of nitrogens with one attached hydrogen (secondary N) is 2. The summed E-state index contributed by atoms with van der Waals surface area (Å²) in [7, 11) is 0. The van der Waals surface area contributed by atoms with Crippen molar-refractivity contribution in [2.24, 2.45) is 0 Å². The lowest BCUT2D eigenvalue weighted by Gasteiger charge is -2.46. The Bertz CT molecular complexity index is 925. The highest BCUT2D eigenvalue weighted by Crippen LogP contribution is 2.34. The fraction of sp³-hybridized carbons (Fsp3) is 0.381. The van der Waals surface area contributed by atoms with Crippen LogP contribution in [0.4, 0.5) is 5.69 Å². The fourth-order valence-corrected chi connectivity index (χ4v) is 4.67. The van der Waals surface area contributed by atoms with E-state index in [0.717, 1.165) is 58.8 Å². The lowest BCUT2D eigenvalue weighted by molar-refractivity contribution is 0.0822. The van der Waals surface area contributed by atoms with Crippen molar-refractivity contribution in [1.82, 2.24) is 10.2 Å². The number of anilines is 1. The summed E-state index contributed by atoms with van der Waals surface area (Å²) >= 11 is 2.24. The molecule has 0 aliphatic carbocycles. The van der Waals surface area contributed by atoms with Gasteiger partial charge in [-0.25, -0.2) is 0 Å². The van der Waals surface area contributed by atoms with E-state index in [1.54, 1.807) is 0 Å². The van der Waals surface area contributed by atoms with Gasteiger partial charge < -0.3 is 20.1 Å². The van der Waals surface area contributed by atoms with Gasteiger partial charge in [0.2, 0.25) is 0 Å². The maximum atomic E-state index is 12.6. The molecule has 2 N–H and O–H groups in total.